The van der Waals surface area contributed by atoms with Crippen molar-refractivity contribution in [1.29, 1.82) is 0 Å². The molecule has 0 atom stereocenters. The van der Waals surface area contributed by atoms with E-state index in [9.17, 15) is 17.6 Å². The first-order chi connectivity index (χ1) is 2.96. The van der Waals surface area contributed by atoms with Gasteiger partial charge in [-0.05, 0) is 0 Å². The van der Waals surface area contributed by atoms with Gasteiger partial charge in [0.1, 0.15) is 6.42 Å². The molecule has 0 aromatic heterocycles. The predicted octanol–water partition coefficient (Wildman–Crippen LogP) is 1.47. The number of halogens is 4. The van der Waals surface area contributed by atoms with Crippen molar-refractivity contribution in [3.8, 4) is 0 Å². The van der Waals surface area contributed by atoms with Gasteiger partial charge >= 0.3 is 11.8 Å². The third kappa shape index (κ3) is 0.489. The minimum atomic E-state index is -3.81. The van der Waals surface area contributed by atoms with E-state index in [1.165, 1.54) is 0 Å². The van der Waals surface area contributed by atoms with E-state index in [1.807, 2.05) is 0 Å². The van der Waals surface area contributed by atoms with E-state index in [1.54, 1.807) is 0 Å². The third-order valence-corrected chi connectivity index (χ3v) is 0.724. The van der Waals surface area contributed by atoms with Gasteiger partial charge in [-0.25, -0.2) is 0 Å². The molecule has 1 aliphatic rings. The van der Waals surface area contributed by atoms with Crippen LogP contribution in [-0.2, 0) is 0 Å². The van der Waals surface area contributed by atoms with Crippen LogP contribution in [0.2, 0.25) is 0 Å². The second-order valence-corrected chi connectivity index (χ2v) is 1.39. The van der Waals surface area contributed by atoms with Crippen molar-refractivity contribution < 1.29 is 17.6 Å². The standard InChI is InChI=1S/C3HF4/c4-2(5)1-3(2,6)7/h1H. The lowest BCUT2D eigenvalue weighted by molar-refractivity contribution is -0.0278. The van der Waals surface area contributed by atoms with Crippen LogP contribution in [-0.4, -0.2) is 11.8 Å². The molecule has 1 radical (unpaired) electrons. The molecule has 1 rings (SSSR count). The Hall–Kier alpha value is -0.280. The van der Waals surface area contributed by atoms with Crippen molar-refractivity contribution in [1.82, 2.24) is 0 Å². The molecule has 1 saturated carbocycles. The van der Waals surface area contributed by atoms with Gasteiger partial charge in [0.05, 0.1) is 0 Å². The van der Waals surface area contributed by atoms with Gasteiger partial charge in [0.15, 0.2) is 0 Å². The minimum absolute atomic E-state index is 0.292. The molecule has 0 N–H and O–H groups in total. The molecule has 0 spiro atoms. The maximum atomic E-state index is 11.1. The van der Waals surface area contributed by atoms with Crippen molar-refractivity contribution in [2.45, 2.75) is 11.8 Å². The summed E-state index contributed by atoms with van der Waals surface area (Å²) in [6.07, 6.45) is -0.292. The zero-order chi connectivity index (χ0) is 5.71. The topological polar surface area (TPSA) is 0 Å². The zero-order valence-electron chi connectivity index (χ0n) is 3.09. The van der Waals surface area contributed by atoms with Crippen LogP contribution in [0.3, 0.4) is 0 Å². The highest BCUT2D eigenvalue weighted by Gasteiger charge is 2.76. The normalized spacial score (nSPS) is 32.6. The van der Waals surface area contributed by atoms with Crippen molar-refractivity contribution >= 4 is 0 Å². The van der Waals surface area contributed by atoms with E-state index in [-0.39, 0.29) is 6.42 Å². The molecule has 0 unspecified atom stereocenters. The maximum absolute atomic E-state index is 11.1. The summed E-state index contributed by atoms with van der Waals surface area (Å²) in [5, 5.41) is 0. The number of hydrogen-bond donors (Lipinski definition) is 0. The van der Waals surface area contributed by atoms with Gasteiger partial charge in [-0.15, -0.1) is 0 Å². The van der Waals surface area contributed by atoms with Gasteiger partial charge in [-0.2, -0.15) is 17.6 Å². The average molecular weight is 113 g/mol. The lowest BCUT2D eigenvalue weighted by atomic mass is 10.8. The summed E-state index contributed by atoms with van der Waals surface area (Å²) >= 11 is 0. The summed E-state index contributed by atoms with van der Waals surface area (Å²) in [5.74, 6) is -7.62. The molecule has 0 aliphatic heterocycles. The first-order valence-electron chi connectivity index (χ1n) is 1.58. The highest BCUT2D eigenvalue weighted by Crippen LogP contribution is 2.55. The van der Waals surface area contributed by atoms with E-state index >= 15 is 0 Å². The first kappa shape index (κ1) is 4.87. The fraction of sp³-hybridized carbons (Fsp3) is 0.667. The molecule has 0 aromatic rings. The van der Waals surface area contributed by atoms with Crippen LogP contribution in [0.25, 0.3) is 0 Å². The van der Waals surface area contributed by atoms with Crippen molar-refractivity contribution in [3.05, 3.63) is 6.42 Å². The average Bonchev–Trinajstić information content (AvgIpc) is 1.63. The van der Waals surface area contributed by atoms with Crippen LogP contribution in [0.1, 0.15) is 0 Å². The van der Waals surface area contributed by atoms with Gasteiger partial charge in [0.25, 0.3) is 0 Å². The monoisotopic (exact) mass is 113 g/mol. The summed E-state index contributed by atoms with van der Waals surface area (Å²) in [6, 6.07) is 0. The van der Waals surface area contributed by atoms with Crippen molar-refractivity contribution in [2.75, 3.05) is 0 Å². The van der Waals surface area contributed by atoms with Gasteiger partial charge < -0.3 is 0 Å². The highest BCUT2D eigenvalue weighted by atomic mass is 19.3. The second kappa shape index (κ2) is 0.788. The van der Waals surface area contributed by atoms with E-state index in [0.29, 0.717) is 0 Å². The Labute approximate surface area is 37.1 Å². The number of hydrogen-bond acceptors (Lipinski definition) is 0. The Morgan fingerprint density at radius 2 is 1.00 bits per heavy atom. The third-order valence-electron chi connectivity index (χ3n) is 0.724. The molecule has 0 nitrogen and oxygen atoms in total. The van der Waals surface area contributed by atoms with E-state index in [0.717, 1.165) is 0 Å². The lowest BCUT2D eigenvalue weighted by Crippen LogP contribution is -2.02. The van der Waals surface area contributed by atoms with E-state index in [2.05, 4.69) is 0 Å². The van der Waals surface area contributed by atoms with Gasteiger partial charge in [0.2, 0.25) is 0 Å². The Morgan fingerprint density at radius 3 is 1.00 bits per heavy atom. The van der Waals surface area contributed by atoms with Crippen molar-refractivity contribution in [3.63, 3.8) is 0 Å². The highest BCUT2D eigenvalue weighted by molar-refractivity contribution is 5.23. The summed E-state index contributed by atoms with van der Waals surface area (Å²) < 4.78 is 44.4. The number of rotatable bonds is 0. The molecule has 0 saturated heterocycles. The predicted molar refractivity (Wildman–Crippen MR) is 14.2 cm³/mol. The van der Waals surface area contributed by atoms with Crippen molar-refractivity contribution in [2.24, 2.45) is 0 Å². The fourth-order valence-electron chi connectivity index (χ4n) is 0.192. The van der Waals surface area contributed by atoms with Gasteiger partial charge in [-0.3, -0.25) is 0 Å². The lowest BCUT2D eigenvalue weighted by Gasteiger charge is -1.87. The van der Waals surface area contributed by atoms with Crippen LogP contribution in [0, 0.1) is 6.42 Å². The fourth-order valence-corrected chi connectivity index (χ4v) is 0.192. The molecular formula is C3HF4. The zero-order valence-corrected chi connectivity index (χ0v) is 3.09. The summed E-state index contributed by atoms with van der Waals surface area (Å²) in [6.45, 7) is 0. The molecular weight excluding hydrogens is 112 g/mol. The summed E-state index contributed by atoms with van der Waals surface area (Å²) in [7, 11) is 0. The molecule has 0 amide bonds. The molecule has 4 heteroatoms. The molecule has 0 heterocycles. The molecule has 1 aliphatic carbocycles. The maximum Gasteiger partial charge on any atom is 0.320 e. The van der Waals surface area contributed by atoms with Gasteiger partial charge in [0, 0.05) is 0 Å². The van der Waals surface area contributed by atoms with Crippen LogP contribution in [0.5, 0.6) is 0 Å². The van der Waals surface area contributed by atoms with E-state index < -0.39 is 11.8 Å². The van der Waals surface area contributed by atoms with Gasteiger partial charge in [-0.1, -0.05) is 0 Å². The Kier molecular flexibility index (Phi) is 0.548. The van der Waals surface area contributed by atoms with E-state index in [4.69, 9.17) is 0 Å². The first-order valence-corrected chi connectivity index (χ1v) is 1.58. The van der Waals surface area contributed by atoms with Crippen LogP contribution >= 0.6 is 0 Å². The Balaban J connectivity index is 2.59. The van der Waals surface area contributed by atoms with Crippen LogP contribution in [0.15, 0.2) is 0 Å². The Bertz CT molecular complexity index is 83.1. The second-order valence-electron chi connectivity index (χ2n) is 1.39. The molecule has 7 heavy (non-hydrogen) atoms. The molecule has 0 aromatic carbocycles. The minimum Gasteiger partial charge on any atom is -0.199 e. The van der Waals surface area contributed by atoms with Crippen LogP contribution < -0.4 is 0 Å². The smallest absolute Gasteiger partial charge is 0.199 e. The molecule has 1 fully saturated rings. The molecule has 0 bridgehead atoms. The largest absolute Gasteiger partial charge is 0.320 e. The Morgan fingerprint density at radius 1 is 0.857 bits per heavy atom. The summed E-state index contributed by atoms with van der Waals surface area (Å²) in [5.41, 5.74) is 0. The van der Waals surface area contributed by atoms with Crippen LogP contribution in [0.4, 0.5) is 17.6 Å². The molecule has 41 valence electrons. The quantitative estimate of drug-likeness (QED) is 0.417. The summed E-state index contributed by atoms with van der Waals surface area (Å²) in [4.78, 5) is 0. The number of alkyl halides is 4. The SMILES string of the molecule is FC1(F)[CH]C1(F)F.